The lowest BCUT2D eigenvalue weighted by Crippen LogP contribution is -2.50. The molecule has 0 bridgehead atoms. The van der Waals surface area contributed by atoms with Crippen molar-refractivity contribution in [2.75, 3.05) is 26.2 Å². The van der Waals surface area contributed by atoms with Crippen molar-refractivity contribution in [1.82, 2.24) is 14.7 Å². The van der Waals surface area contributed by atoms with E-state index in [1.54, 1.807) is 41.0 Å². The van der Waals surface area contributed by atoms with Crippen molar-refractivity contribution in [3.8, 4) is 6.07 Å². The van der Waals surface area contributed by atoms with Crippen LogP contribution in [0.1, 0.15) is 40.5 Å². The number of nitrogens with zero attached hydrogens (tertiary/aromatic N) is 4. The predicted molar refractivity (Wildman–Crippen MR) is 94.4 cm³/mol. The van der Waals surface area contributed by atoms with Crippen LogP contribution in [0.15, 0.2) is 24.3 Å². The second-order valence-electron chi connectivity index (χ2n) is 6.60. The summed E-state index contributed by atoms with van der Waals surface area (Å²) < 4.78 is 0. The van der Waals surface area contributed by atoms with E-state index < -0.39 is 17.9 Å². The monoisotopic (exact) mass is 368 g/mol. The standard InChI is InChI=1S/C19H20N4O4/c1-13(23-18(26)14-5-2-3-6-15(14)19(23)27)17(25)22-10-4-9-21(11-12-22)16(24)7-8-20/h2-3,5-6,13H,4,7,9-12H2,1H3. The quantitative estimate of drug-likeness (QED) is 0.729. The van der Waals surface area contributed by atoms with Crippen molar-refractivity contribution in [3.05, 3.63) is 35.4 Å². The Balaban J connectivity index is 1.70. The number of fused-ring (bicyclic) bond motifs is 1. The van der Waals surface area contributed by atoms with Crippen LogP contribution in [0.3, 0.4) is 0 Å². The molecule has 1 aromatic carbocycles. The van der Waals surface area contributed by atoms with Crippen molar-refractivity contribution >= 4 is 23.6 Å². The molecule has 4 amide bonds. The van der Waals surface area contributed by atoms with E-state index in [0.717, 1.165) is 4.90 Å². The minimum atomic E-state index is -0.918. The highest BCUT2D eigenvalue weighted by Gasteiger charge is 2.41. The first-order valence-corrected chi connectivity index (χ1v) is 8.86. The third kappa shape index (κ3) is 3.40. The van der Waals surface area contributed by atoms with Crippen LogP contribution < -0.4 is 0 Å². The molecule has 0 N–H and O–H groups in total. The van der Waals surface area contributed by atoms with Crippen LogP contribution in [0.4, 0.5) is 0 Å². The zero-order valence-corrected chi connectivity index (χ0v) is 15.1. The Morgan fingerprint density at radius 1 is 1.04 bits per heavy atom. The SMILES string of the molecule is CC(C(=O)N1CCCN(C(=O)CC#N)CC1)N1C(=O)c2ccccc2C1=O. The molecule has 140 valence electrons. The maximum absolute atomic E-state index is 12.9. The van der Waals surface area contributed by atoms with Crippen molar-refractivity contribution in [2.45, 2.75) is 25.8 Å². The first kappa shape index (κ1) is 18.6. The number of rotatable bonds is 3. The molecule has 1 saturated heterocycles. The molecule has 3 rings (SSSR count). The lowest BCUT2D eigenvalue weighted by Gasteiger charge is -2.28. The summed E-state index contributed by atoms with van der Waals surface area (Å²) in [5.41, 5.74) is 0.623. The highest BCUT2D eigenvalue weighted by atomic mass is 16.2. The van der Waals surface area contributed by atoms with E-state index in [-0.39, 0.29) is 18.2 Å². The Bertz CT molecular complexity index is 809. The maximum atomic E-state index is 12.9. The molecule has 8 heteroatoms. The Labute approximate surface area is 156 Å². The van der Waals surface area contributed by atoms with Gasteiger partial charge in [0.1, 0.15) is 12.5 Å². The van der Waals surface area contributed by atoms with Gasteiger partial charge in [-0.1, -0.05) is 12.1 Å². The van der Waals surface area contributed by atoms with E-state index in [0.29, 0.717) is 43.7 Å². The summed E-state index contributed by atoms with van der Waals surface area (Å²) in [5, 5.41) is 8.66. The molecule has 8 nitrogen and oxygen atoms in total. The fourth-order valence-electron chi connectivity index (χ4n) is 3.50. The fraction of sp³-hybridized carbons (Fsp3) is 0.421. The van der Waals surface area contributed by atoms with Crippen LogP contribution in [0.5, 0.6) is 0 Å². The van der Waals surface area contributed by atoms with Crippen LogP contribution >= 0.6 is 0 Å². The smallest absolute Gasteiger partial charge is 0.262 e. The minimum Gasteiger partial charge on any atom is -0.340 e. The molecule has 1 aromatic rings. The molecule has 0 aliphatic carbocycles. The molecule has 1 atom stereocenters. The van der Waals surface area contributed by atoms with E-state index in [4.69, 9.17) is 5.26 Å². The molecule has 0 aromatic heterocycles. The zero-order chi connectivity index (χ0) is 19.6. The third-order valence-electron chi connectivity index (χ3n) is 4.96. The van der Waals surface area contributed by atoms with E-state index in [9.17, 15) is 19.2 Å². The first-order valence-electron chi connectivity index (χ1n) is 8.86. The van der Waals surface area contributed by atoms with Gasteiger partial charge in [0.25, 0.3) is 11.8 Å². The Morgan fingerprint density at radius 3 is 2.19 bits per heavy atom. The van der Waals surface area contributed by atoms with Gasteiger partial charge in [0, 0.05) is 26.2 Å². The van der Waals surface area contributed by atoms with Gasteiger partial charge < -0.3 is 9.80 Å². The van der Waals surface area contributed by atoms with Gasteiger partial charge in [-0.05, 0) is 25.5 Å². The molecule has 0 saturated carbocycles. The molecule has 0 radical (unpaired) electrons. The highest BCUT2D eigenvalue weighted by Crippen LogP contribution is 2.25. The van der Waals surface area contributed by atoms with Gasteiger partial charge in [0.2, 0.25) is 11.8 Å². The van der Waals surface area contributed by atoms with Gasteiger partial charge in [-0.25, -0.2) is 0 Å². The first-order chi connectivity index (χ1) is 13.0. The summed E-state index contributed by atoms with van der Waals surface area (Å²) in [6.07, 6.45) is 0.400. The van der Waals surface area contributed by atoms with E-state index in [2.05, 4.69) is 0 Å². The summed E-state index contributed by atoms with van der Waals surface area (Å²) >= 11 is 0. The summed E-state index contributed by atoms with van der Waals surface area (Å²) in [6.45, 7) is 3.10. The molecule has 2 heterocycles. The number of nitriles is 1. The van der Waals surface area contributed by atoms with E-state index >= 15 is 0 Å². The molecule has 2 aliphatic heterocycles. The van der Waals surface area contributed by atoms with Crippen LogP contribution in [-0.2, 0) is 9.59 Å². The zero-order valence-electron chi connectivity index (χ0n) is 15.1. The van der Waals surface area contributed by atoms with Crippen LogP contribution in [0.2, 0.25) is 0 Å². The largest absolute Gasteiger partial charge is 0.340 e. The second-order valence-corrected chi connectivity index (χ2v) is 6.60. The Morgan fingerprint density at radius 2 is 1.59 bits per heavy atom. The molecule has 27 heavy (non-hydrogen) atoms. The lowest BCUT2D eigenvalue weighted by atomic mass is 10.1. The van der Waals surface area contributed by atoms with E-state index in [1.807, 2.05) is 6.07 Å². The predicted octanol–water partition coefficient (Wildman–Crippen LogP) is 0.646. The summed E-state index contributed by atoms with van der Waals surface area (Å²) in [7, 11) is 0. The second kappa shape index (κ2) is 7.58. The summed E-state index contributed by atoms with van der Waals surface area (Å²) in [4.78, 5) is 54.1. The Kier molecular flexibility index (Phi) is 5.21. The lowest BCUT2D eigenvalue weighted by molar-refractivity contribution is -0.135. The molecule has 1 fully saturated rings. The van der Waals surface area contributed by atoms with Crippen LogP contribution in [0.25, 0.3) is 0 Å². The van der Waals surface area contributed by atoms with Gasteiger partial charge >= 0.3 is 0 Å². The number of carbonyl (C=O) groups excluding carboxylic acids is 4. The highest BCUT2D eigenvalue weighted by molar-refractivity contribution is 6.22. The van der Waals surface area contributed by atoms with Crippen molar-refractivity contribution < 1.29 is 19.2 Å². The number of imide groups is 1. The van der Waals surface area contributed by atoms with Gasteiger partial charge in [-0.2, -0.15) is 5.26 Å². The van der Waals surface area contributed by atoms with Crippen molar-refractivity contribution in [1.29, 1.82) is 5.26 Å². The average Bonchev–Trinajstić information content (AvgIpc) is 2.84. The normalized spacial score (nSPS) is 18.0. The van der Waals surface area contributed by atoms with Crippen molar-refractivity contribution in [3.63, 3.8) is 0 Å². The topological polar surface area (TPSA) is 102 Å². The number of hydrogen-bond acceptors (Lipinski definition) is 5. The summed E-state index contributed by atoms with van der Waals surface area (Å²) in [6, 6.07) is 7.45. The Hall–Kier alpha value is -3.21. The molecular weight excluding hydrogens is 348 g/mol. The van der Waals surface area contributed by atoms with Gasteiger partial charge in [0.05, 0.1) is 17.2 Å². The van der Waals surface area contributed by atoms with Crippen LogP contribution in [-0.4, -0.2) is 70.5 Å². The number of hydrogen-bond donors (Lipinski definition) is 0. The van der Waals surface area contributed by atoms with Crippen molar-refractivity contribution in [2.24, 2.45) is 0 Å². The van der Waals surface area contributed by atoms with Gasteiger partial charge in [-0.15, -0.1) is 0 Å². The molecular formula is C19H20N4O4. The molecule has 1 unspecified atom stereocenters. The molecule has 0 spiro atoms. The van der Waals surface area contributed by atoms with Gasteiger partial charge in [0.15, 0.2) is 0 Å². The summed E-state index contributed by atoms with van der Waals surface area (Å²) in [5.74, 6) is -1.49. The molecule has 2 aliphatic rings. The number of amides is 4. The fourth-order valence-corrected chi connectivity index (χ4v) is 3.50. The third-order valence-corrected chi connectivity index (χ3v) is 4.96. The van der Waals surface area contributed by atoms with E-state index in [1.165, 1.54) is 0 Å². The average molecular weight is 368 g/mol. The van der Waals surface area contributed by atoms with Gasteiger partial charge in [-0.3, -0.25) is 24.1 Å². The number of benzene rings is 1. The minimum absolute atomic E-state index is 0.181. The van der Waals surface area contributed by atoms with Crippen LogP contribution in [0, 0.1) is 11.3 Å². The number of carbonyl (C=O) groups is 4. The maximum Gasteiger partial charge on any atom is 0.262 e.